The minimum Gasteiger partial charge on any atom is -0.380 e. The van der Waals surface area contributed by atoms with E-state index in [0.29, 0.717) is 16.5 Å². The van der Waals surface area contributed by atoms with Crippen LogP contribution in [0.1, 0.15) is 31.2 Å². The Bertz CT molecular complexity index is 605. The fourth-order valence-electron chi connectivity index (χ4n) is 3.99. The summed E-state index contributed by atoms with van der Waals surface area (Å²) in [6, 6.07) is 5.57. The fourth-order valence-corrected chi connectivity index (χ4v) is 4.31. The summed E-state index contributed by atoms with van der Waals surface area (Å²) in [6.07, 6.45) is 5.00. The number of likely N-dealkylation sites (tertiary alicyclic amines) is 1. The Morgan fingerprint density at radius 1 is 1.32 bits per heavy atom. The first-order chi connectivity index (χ1) is 12.1. The van der Waals surface area contributed by atoms with Crippen LogP contribution < -0.4 is 5.32 Å². The molecule has 0 aromatic heterocycles. The van der Waals surface area contributed by atoms with Crippen LogP contribution in [0.3, 0.4) is 0 Å². The van der Waals surface area contributed by atoms with E-state index in [1.165, 1.54) is 12.8 Å². The average molecular weight is 385 g/mol. The highest BCUT2D eigenvalue weighted by molar-refractivity contribution is 6.42. The molecular formula is C19H26Cl2N2O2. The molecule has 0 radical (unpaired) electrons. The Kier molecular flexibility index (Phi) is 6.75. The third kappa shape index (κ3) is 4.75. The third-order valence-corrected chi connectivity index (χ3v) is 6.06. The van der Waals surface area contributed by atoms with Crippen LogP contribution in [-0.2, 0) is 16.0 Å². The molecule has 6 heteroatoms. The van der Waals surface area contributed by atoms with E-state index in [9.17, 15) is 4.79 Å². The maximum Gasteiger partial charge on any atom is 0.155 e. The zero-order valence-corrected chi connectivity index (χ0v) is 16.2. The number of hydrogen-bond acceptors (Lipinski definition) is 4. The van der Waals surface area contributed by atoms with Crippen molar-refractivity contribution in [2.75, 3.05) is 26.7 Å². The van der Waals surface area contributed by atoms with Crippen molar-refractivity contribution < 1.29 is 9.53 Å². The normalized spacial score (nSPS) is 25.9. The summed E-state index contributed by atoms with van der Waals surface area (Å²) in [7, 11) is 1.75. The number of methoxy groups -OCH3 is 1. The Morgan fingerprint density at radius 3 is 2.80 bits per heavy atom. The van der Waals surface area contributed by atoms with Gasteiger partial charge in [-0.05, 0) is 43.5 Å². The minimum atomic E-state index is -0.102. The predicted octanol–water partition coefficient (Wildman–Crippen LogP) is 3.34. The summed E-state index contributed by atoms with van der Waals surface area (Å²) in [6.45, 7) is 2.73. The van der Waals surface area contributed by atoms with Crippen molar-refractivity contribution >= 4 is 29.0 Å². The zero-order valence-electron chi connectivity index (χ0n) is 14.6. The number of Topliss-reactive ketones (excluding diaryl/α,β-unsaturated/α-hetero) is 1. The second kappa shape index (κ2) is 8.83. The van der Waals surface area contributed by atoms with Crippen molar-refractivity contribution in [2.24, 2.45) is 0 Å². The van der Waals surface area contributed by atoms with Gasteiger partial charge in [-0.3, -0.25) is 9.69 Å². The molecule has 0 spiro atoms. The van der Waals surface area contributed by atoms with E-state index in [2.05, 4.69) is 10.2 Å². The number of halogens is 2. The molecule has 1 N–H and O–H groups in total. The van der Waals surface area contributed by atoms with Gasteiger partial charge in [0.15, 0.2) is 5.78 Å². The van der Waals surface area contributed by atoms with Crippen molar-refractivity contribution in [3.05, 3.63) is 33.8 Å². The number of piperidine rings is 1. The summed E-state index contributed by atoms with van der Waals surface area (Å²) >= 11 is 12.1. The summed E-state index contributed by atoms with van der Waals surface area (Å²) in [5.74, 6) is 0.245. The molecule has 0 bridgehead atoms. The van der Waals surface area contributed by atoms with Crippen LogP contribution in [-0.4, -0.2) is 55.6 Å². The van der Waals surface area contributed by atoms with Gasteiger partial charge >= 0.3 is 0 Å². The first-order valence-corrected chi connectivity index (χ1v) is 9.81. The Labute approximate surface area is 159 Å². The number of rotatable bonds is 6. The number of carbonyl (C=O) groups excluding carboxylic acids is 1. The van der Waals surface area contributed by atoms with Gasteiger partial charge in [-0.2, -0.15) is 0 Å². The first-order valence-electron chi connectivity index (χ1n) is 9.05. The van der Waals surface area contributed by atoms with E-state index in [0.717, 1.165) is 38.0 Å². The van der Waals surface area contributed by atoms with Crippen molar-refractivity contribution in [3.8, 4) is 0 Å². The van der Waals surface area contributed by atoms with Crippen molar-refractivity contribution in [1.82, 2.24) is 10.2 Å². The Morgan fingerprint density at radius 2 is 2.16 bits per heavy atom. The SMILES string of the molecule is COC1CCN(C(C(=O)Cc2ccc(Cl)c(Cl)c2)C2CCCCN2)C1. The van der Waals surface area contributed by atoms with Crippen LogP contribution in [0.5, 0.6) is 0 Å². The number of nitrogens with one attached hydrogen (secondary N) is 1. The molecular weight excluding hydrogens is 359 g/mol. The number of hydrogen-bond donors (Lipinski definition) is 1. The van der Waals surface area contributed by atoms with Crippen molar-refractivity contribution in [3.63, 3.8) is 0 Å². The first kappa shape index (κ1) is 19.1. The van der Waals surface area contributed by atoms with Crippen LogP contribution in [0.4, 0.5) is 0 Å². The van der Waals surface area contributed by atoms with Gasteiger partial charge in [0.25, 0.3) is 0 Å². The van der Waals surface area contributed by atoms with E-state index in [4.69, 9.17) is 27.9 Å². The topological polar surface area (TPSA) is 41.6 Å². The highest BCUT2D eigenvalue weighted by Gasteiger charge is 2.37. The molecule has 2 fully saturated rings. The van der Waals surface area contributed by atoms with E-state index in [1.807, 2.05) is 6.07 Å². The van der Waals surface area contributed by atoms with Crippen LogP contribution in [0.15, 0.2) is 18.2 Å². The monoisotopic (exact) mass is 384 g/mol. The molecule has 4 nitrogen and oxygen atoms in total. The molecule has 0 amide bonds. The third-order valence-electron chi connectivity index (χ3n) is 5.32. The summed E-state index contributed by atoms with van der Waals surface area (Å²) in [5, 5.41) is 4.58. The summed E-state index contributed by atoms with van der Waals surface area (Å²) < 4.78 is 5.50. The lowest BCUT2D eigenvalue weighted by Gasteiger charge is -2.36. The van der Waals surface area contributed by atoms with E-state index < -0.39 is 0 Å². The largest absolute Gasteiger partial charge is 0.380 e. The maximum absolute atomic E-state index is 13.2. The molecule has 3 atom stereocenters. The van der Waals surface area contributed by atoms with Crippen LogP contribution >= 0.6 is 23.2 Å². The summed E-state index contributed by atoms with van der Waals surface area (Å²) in [5.41, 5.74) is 0.919. The van der Waals surface area contributed by atoms with Gasteiger partial charge in [0.2, 0.25) is 0 Å². The molecule has 2 aliphatic heterocycles. The zero-order chi connectivity index (χ0) is 17.8. The number of nitrogens with zero attached hydrogens (tertiary/aromatic N) is 1. The summed E-state index contributed by atoms with van der Waals surface area (Å²) in [4.78, 5) is 15.5. The van der Waals surface area contributed by atoms with E-state index in [-0.39, 0.29) is 24.0 Å². The van der Waals surface area contributed by atoms with Crippen LogP contribution in [0, 0.1) is 0 Å². The highest BCUT2D eigenvalue weighted by Crippen LogP contribution is 2.25. The van der Waals surface area contributed by atoms with Crippen LogP contribution in [0.2, 0.25) is 10.0 Å². The molecule has 0 saturated carbocycles. The van der Waals surface area contributed by atoms with Crippen LogP contribution in [0.25, 0.3) is 0 Å². The number of carbonyl (C=O) groups is 1. The lowest BCUT2D eigenvalue weighted by molar-refractivity contribution is -0.124. The number of benzene rings is 1. The highest BCUT2D eigenvalue weighted by atomic mass is 35.5. The number of ketones is 1. The van der Waals surface area contributed by atoms with Gasteiger partial charge in [0.05, 0.1) is 22.2 Å². The lowest BCUT2D eigenvalue weighted by Crippen LogP contribution is -2.55. The van der Waals surface area contributed by atoms with Gasteiger partial charge in [0.1, 0.15) is 0 Å². The van der Waals surface area contributed by atoms with E-state index in [1.54, 1.807) is 19.2 Å². The predicted molar refractivity (Wildman–Crippen MR) is 102 cm³/mol. The van der Waals surface area contributed by atoms with Crippen molar-refractivity contribution in [2.45, 2.75) is 50.3 Å². The van der Waals surface area contributed by atoms with Gasteiger partial charge in [0, 0.05) is 32.7 Å². The quantitative estimate of drug-likeness (QED) is 0.816. The number of ether oxygens (including phenoxy) is 1. The van der Waals surface area contributed by atoms with Crippen molar-refractivity contribution in [1.29, 1.82) is 0 Å². The molecule has 2 heterocycles. The molecule has 3 rings (SSSR count). The molecule has 2 saturated heterocycles. The van der Waals surface area contributed by atoms with Gasteiger partial charge in [-0.1, -0.05) is 35.7 Å². The van der Waals surface area contributed by atoms with E-state index >= 15 is 0 Å². The molecule has 0 aliphatic carbocycles. The lowest BCUT2D eigenvalue weighted by atomic mass is 9.91. The molecule has 3 unspecified atom stereocenters. The van der Waals surface area contributed by atoms with Gasteiger partial charge < -0.3 is 10.1 Å². The molecule has 25 heavy (non-hydrogen) atoms. The standard InChI is InChI=1S/C19H26Cl2N2O2/c1-25-14-7-9-23(12-14)19(17-4-2-3-8-22-17)18(24)11-13-5-6-15(20)16(21)10-13/h5-6,10,14,17,19,22H,2-4,7-9,11-12H2,1H3. The Balaban J connectivity index is 1.75. The molecule has 2 aliphatic rings. The minimum absolute atomic E-state index is 0.102. The Hall–Kier alpha value is -0.650. The maximum atomic E-state index is 13.2. The van der Waals surface area contributed by atoms with Gasteiger partial charge in [-0.15, -0.1) is 0 Å². The fraction of sp³-hybridized carbons (Fsp3) is 0.632. The van der Waals surface area contributed by atoms with Gasteiger partial charge in [-0.25, -0.2) is 0 Å². The molecule has 138 valence electrons. The smallest absolute Gasteiger partial charge is 0.155 e. The average Bonchev–Trinajstić information content (AvgIpc) is 3.08. The second-order valence-electron chi connectivity index (χ2n) is 7.03. The molecule has 1 aromatic rings. The second-order valence-corrected chi connectivity index (χ2v) is 7.85. The molecule has 1 aromatic carbocycles.